The smallest absolute Gasteiger partial charge is 0.410 e. The fourth-order valence-corrected chi connectivity index (χ4v) is 2.17. The largest absolute Gasteiger partial charge is 0.497 e. The standard InChI is InChI=1S/C19H32N4O4.HI/c1-19(2,3)27-18(24)23(5)11-10-21-17(20-4)22-13-14-8-9-15(25-6)12-16(14)26-7;/h8-9,12H,10-11,13H2,1-7H3,(H2,20,21,22);1H. The molecule has 0 fully saturated rings. The lowest BCUT2D eigenvalue weighted by Gasteiger charge is -2.25. The molecular weight excluding hydrogens is 475 g/mol. The van der Waals surface area contributed by atoms with Gasteiger partial charge in [-0.25, -0.2) is 4.79 Å². The number of hydrogen-bond donors (Lipinski definition) is 2. The van der Waals surface area contributed by atoms with E-state index in [9.17, 15) is 4.79 Å². The van der Waals surface area contributed by atoms with E-state index >= 15 is 0 Å². The summed E-state index contributed by atoms with van der Waals surface area (Å²) in [7, 11) is 6.64. The minimum absolute atomic E-state index is 0. The second kappa shape index (κ2) is 12.5. The zero-order valence-electron chi connectivity index (χ0n) is 17.8. The molecule has 2 N–H and O–H groups in total. The van der Waals surface area contributed by atoms with Crippen LogP contribution in [0.2, 0.25) is 0 Å². The number of ether oxygens (including phenoxy) is 3. The van der Waals surface area contributed by atoms with Crippen LogP contribution in [0.4, 0.5) is 4.79 Å². The zero-order chi connectivity index (χ0) is 20.4. The van der Waals surface area contributed by atoms with E-state index in [1.54, 1.807) is 28.3 Å². The molecule has 1 rings (SSSR count). The minimum Gasteiger partial charge on any atom is -0.497 e. The first kappa shape index (κ1) is 26.1. The average molecular weight is 508 g/mol. The second-order valence-electron chi connectivity index (χ2n) is 6.93. The van der Waals surface area contributed by atoms with Gasteiger partial charge in [0.2, 0.25) is 0 Å². The van der Waals surface area contributed by atoms with Crippen molar-refractivity contribution in [2.45, 2.75) is 32.9 Å². The summed E-state index contributed by atoms with van der Waals surface area (Å²) in [4.78, 5) is 17.7. The number of likely N-dealkylation sites (N-methyl/N-ethyl adjacent to an activating group) is 1. The summed E-state index contributed by atoms with van der Waals surface area (Å²) in [6.45, 7) is 7.09. The van der Waals surface area contributed by atoms with Gasteiger partial charge in [-0.05, 0) is 32.9 Å². The Bertz CT molecular complexity index is 647. The first-order chi connectivity index (χ1) is 12.7. The van der Waals surface area contributed by atoms with Crippen LogP contribution >= 0.6 is 24.0 Å². The summed E-state index contributed by atoms with van der Waals surface area (Å²) in [5.74, 6) is 2.11. The monoisotopic (exact) mass is 508 g/mol. The van der Waals surface area contributed by atoms with Gasteiger partial charge in [-0.1, -0.05) is 0 Å². The lowest BCUT2D eigenvalue weighted by atomic mass is 10.2. The van der Waals surface area contributed by atoms with Gasteiger partial charge in [0.05, 0.1) is 14.2 Å². The van der Waals surface area contributed by atoms with Gasteiger partial charge in [0.1, 0.15) is 17.1 Å². The molecule has 0 aliphatic rings. The van der Waals surface area contributed by atoms with E-state index in [4.69, 9.17) is 14.2 Å². The topological polar surface area (TPSA) is 84.4 Å². The van der Waals surface area contributed by atoms with E-state index in [0.717, 1.165) is 17.1 Å². The summed E-state index contributed by atoms with van der Waals surface area (Å²) in [6, 6.07) is 5.66. The maximum absolute atomic E-state index is 11.9. The quantitative estimate of drug-likeness (QED) is 0.335. The molecule has 0 atom stereocenters. The molecule has 0 bridgehead atoms. The van der Waals surface area contributed by atoms with Crippen molar-refractivity contribution in [1.29, 1.82) is 0 Å². The van der Waals surface area contributed by atoms with Crippen molar-refractivity contribution >= 4 is 36.0 Å². The van der Waals surface area contributed by atoms with Gasteiger partial charge in [0.25, 0.3) is 0 Å². The van der Waals surface area contributed by atoms with Crippen molar-refractivity contribution in [2.75, 3.05) is 41.4 Å². The predicted molar refractivity (Wildman–Crippen MR) is 122 cm³/mol. The third-order valence-electron chi connectivity index (χ3n) is 3.61. The number of halogens is 1. The lowest BCUT2D eigenvalue weighted by molar-refractivity contribution is 0.0302. The van der Waals surface area contributed by atoms with E-state index in [0.29, 0.717) is 25.6 Å². The van der Waals surface area contributed by atoms with Crippen LogP contribution in [0.5, 0.6) is 11.5 Å². The highest BCUT2D eigenvalue weighted by molar-refractivity contribution is 14.0. The summed E-state index contributed by atoms with van der Waals surface area (Å²) in [5, 5.41) is 6.39. The number of rotatable bonds is 7. The summed E-state index contributed by atoms with van der Waals surface area (Å²) in [6.07, 6.45) is -0.352. The number of amides is 1. The van der Waals surface area contributed by atoms with Crippen molar-refractivity contribution in [3.63, 3.8) is 0 Å². The molecule has 0 aliphatic carbocycles. The van der Waals surface area contributed by atoms with Crippen LogP contribution in [0, 0.1) is 0 Å². The van der Waals surface area contributed by atoms with Crippen LogP contribution < -0.4 is 20.1 Å². The number of benzene rings is 1. The molecule has 1 aromatic carbocycles. The highest BCUT2D eigenvalue weighted by atomic mass is 127. The summed E-state index contributed by atoms with van der Waals surface area (Å²) in [5.41, 5.74) is 0.473. The molecule has 0 spiro atoms. The molecule has 0 unspecified atom stereocenters. The second-order valence-corrected chi connectivity index (χ2v) is 6.93. The Labute approximate surface area is 185 Å². The van der Waals surface area contributed by atoms with E-state index < -0.39 is 5.60 Å². The number of carbonyl (C=O) groups is 1. The van der Waals surface area contributed by atoms with Crippen molar-refractivity contribution in [3.8, 4) is 11.5 Å². The number of nitrogens with zero attached hydrogens (tertiary/aromatic N) is 2. The SMILES string of the molecule is CN=C(NCCN(C)C(=O)OC(C)(C)C)NCc1ccc(OC)cc1OC.I. The molecule has 1 amide bonds. The van der Waals surface area contributed by atoms with Crippen LogP contribution in [0.25, 0.3) is 0 Å². The molecular formula is C19H33IN4O4. The van der Waals surface area contributed by atoms with Gasteiger partial charge in [0, 0.05) is 45.4 Å². The number of methoxy groups -OCH3 is 2. The summed E-state index contributed by atoms with van der Waals surface area (Å²) >= 11 is 0. The number of aliphatic imine (C=N–C) groups is 1. The van der Waals surface area contributed by atoms with Crippen LogP contribution in [-0.2, 0) is 11.3 Å². The summed E-state index contributed by atoms with van der Waals surface area (Å²) < 4.78 is 15.9. The van der Waals surface area contributed by atoms with Crippen molar-refractivity contribution in [1.82, 2.24) is 15.5 Å². The Kier molecular flexibility index (Phi) is 11.7. The third-order valence-corrected chi connectivity index (χ3v) is 3.61. The molecule has 0 heterocycles. The maximum Gasteiger partial charge on any atom is 0.410 e. The van der Waals surface area contributed by atoms with Crippen molar-refractivity contribution < 1.29 is 19.0 Å². The molecule has 9 heteroatoms. The van der Waals surface area contributed by atoms with Gasteiger partial charge in [0.15, 0.2) is 5.96 Å². The highest BCUT2D eigenvalue weighted by Gasteiger charge is 2.19. The van der Waals surface area contributed by atoms with Crippen LogP contribution in [-0.4, -0.2) is 64.0 Å². The fourth-order valence-electron chi connectivity index (χ4n) is 2.17. The Morgan fingerprint density at radius 1 is 1.18 bits per heavy atom. The third kappa shape index (κ3) is 9.34. The molecule has 160 valence electrons. The number of hydrogen-bond acceptors (Lipinski definition) is 5. The number of carbonyl (C=O) groups excluding carboxylic acids is 1. The van der Waals surface area contributed by atoms with Crippen molar-refractivity contribution in [2.24, 2.45) is 4.99 Å². The predicted octanol–water partition coefficient (Wildman–Crippen LogP) is 2.85. The van der Waals surface area contributed by atoms with Gasteiger partial charge in [-0.15, -0.1) is 24.0 Å². The fraction of sp³-hybridized carbons (Fsp3) is 0.579. The molecule has 0 aromatic heterocycles. The molecule has 1 aromatic rings. The number of nitrogens with one attached hydrogen (secondary N) is 2. The van der Waals surface area contributed by atoms with E-state index in [2.05, 4.69) is 15.6 Å². The molecule has 0 saturated heterocycles. The van der Waals surface area contributed by atoms with Gasteiger partial charge in [-0.2, -0.15) is 0 Å². The van der Waals surface area contributed by atoms with E-state index in [1.165, 1.54) is 4.90 Å². The molecule has 28 heavy (non-hydrogen) atoms. The number of guanidine groups is 1. The first-order valence-electron chi connectivity index (χ1n) is 8.79. The first-order valence-corrected chi connectivity index (χ1v) is 8.79. The molecule has 0 radical (unpaired) electrons. The Morgan fingerprint density at radius 2 is 1.86 bits per heavy atom. The van der Waals surface area contributed by atoms with Crippen LogP contribution in [0.1, 0.15) is 26.3 Å². The van der Waals surface area contributed by atoms with Crippen LogP contribution in [0.3, 0.4) is 0 Å². The lowest BCUT2D eigenvalue weighted by Crippen LogP contribution is -2.42. The Hall–Kier alpha value is -1.91. The van der Waals surface area contributed by atoms with E-state index in [-0.39, 0.29) is 30.1 Å². The van der Waals surface area contributed by atoms with E-state index in [1.807, 2.05) is 39.0 Å². The Morgan fingerprint density at radius 3 is 2.39 bits per heavy atom. The van der Waals surface area contributed by atoms with Crippen LogP contribution in [0.15, 0.2) is 23.2 Å². The maximum atomic E-state index is 11.9. The Balaban J connectivity index is 0.00000729. The highest BCUT2D eigenvalue weighted by Crippen LogP contribution is 2.24. The molecule has 0 saturated carbocycles. The molecule has 8 nitrogen and oxygen atoms in total. The minimum atomic E-state index is -0.506. The normalized spacial score (nSPS) is 11.2. The van der Waals surface area contributed by atoms with Gasteiger partial charge < -0.3 is 29.7 Å². The van der Waals surface area contributed by atoms with Gasteiger partial charge >= 0.3 is 6.09 Å². The van der Waals surface area contributed by atoms with Gasteiger partial charge in [-0.3, -0.25) is 4.99 Å². The molecule has 0 aliphatic heterocycles. The van der Waals surface area contributed by atoms with Crippen molar-refractivity contribution in [3.05, 3.63) is 23.8 Å². The zero-order valence-corrected chi connectivity index (χ0v) is 20.1. The average Bonchev–Trinajstić information content (AvgIpc) is 2.62.